The van der Waals surface area contributed by atoms with Crippen LogP contribution in [-0.2, 0) is 4.74 Å². The first-order chi connectivity index (χ1) is 8.27. The summed E-state index contributed by atoms with van der Waals surface area (Å²) in [7, 11) is 0. The van der Waals surface area contributed by atoms with Crippen molar-refractivity contribution < 1.29 is 14.3 Å². The zero-order valence-corrected chi connectivity index (χ0v) is 13.1. The minimum atomic E-state index is -0.639. The number of carbonyl (C=O) groups is 2. The molecule has 0 fully saturated rings. The van der Waals surface area contributed by atoms with Gasteiger partial charge in [-0.25, -0.2) is 9.59 Å². The molecule has 2 aromatic rings. The minimum Gasteiger partial charge on any atom is -0.386 e. The maximum Gasteiger partial charge on any atom is 0.346 e. The van der Waals surface area contributed by atoms with Crippen molar-refractivity contribution in [1.82, 2.24) is 0 Å². The Bertz CT molecular complexity index is 474. The van der Waals surface area contributed by atoms with Crippen molar-refractivity contribution >= 4 is 63.3 Å². The molecule has 2 aromatic carbocycles. The van der Waals surface area contributed by atoms with Crippen molar-refractivity contribution in [3.05, 3.63) is 71.8 Å². The molecule has 4 heteroatoms. The molecule has 0 saturated carbocycles. The smallest absolute Gasteiger partial charge is 0.346 e. The molecule has 85 valence electrons. The summed E-state index contributed by atoms with van der Waals surface area (Å²) >= 11 is 0. The number of esters is 2. The predicted molar refractivity (Wildman–Crippen MR) is 68.4 cm³/mol. The topological polar surface area (TPSA) is 43.4 Å². The van der Waals surface area contributed by atoms with E-state index >= 15 is 0 Å². The Morgan fingerprint density at radius 3 is 1.33 bits per heavy atom. The van der Waals surface area contributed by atoms with Gasteiger partial charge in [0.05, 0.1) is 11.1 Å². The van der Waals surface area contributed by atoms with Crippen LogP contribution in [0.4, 0.5) is 0 Å². The van der Waals surface area contributed by atoms with E-state index < -0.39 is 11.9 Å². The fourth-order valence-corrected chi connectivity index (χ4v) is 1.35. The number of hydrogen-bond acceptors (Lipinski definition) is 3. The number of ether oxygens (including phenoxy) is 1. The van der Waals surface area contributed by atoms with E-state index in [4.69, 9.17) is 4.74 Å². The van der Waals surface area contributed by atoms with Crippen LogP contribution in [0, 0.1) is 0 Å². The van der Waals surface area contributed by atoms with Crippen LogP contribution in [0.25, 0.3) is 0 Å². The van der Waals surface area contributed by atoms with Crippen molar-refractivity contribution in [1.29, 1.82) is 0 Å². The van der Waals surface area contributed by atoms with Gasteiger partial charge in [0.25, 0.3) is 0 Å². The summed E-state index contributed by atoms with van der Waals surface area (Å²) in [6.45, 7) is 0. The quantitative estimate of drug-likeness (QED) is 0.475. The van der Waals surface area contributed by atoms with Gasteiger partial charge in [-0.15, -0.1) is 0 Å². The number of carbonyl (C=O) groups excluding carboxylic acids is 2. The molecule has 0 aliphatic heterocycles. The van der Waals surface area contributed by atoms with Gasteiger partial charge in [-0.2, -0.15) is 0 Å². The molecule has 2 rings (SSSR count). The monoisotopic (exact) mass is 265 g/mol. The summed E-state index contributed by atoms with van der Waals surface area (Å²) in [6.07, 6.45) is 0. The van der Waals surface area contributed by atoms with Crippen LogP contribution in [0.3, 0.4) is 0 Å². The molecular weight excluding hydrogens is 255 g/mol. The molecule has 0 spiro atoms. The summed E-state index contributed by atoms with van der Waals surface area (Å²) < 4.78 is 4.74. The Kier molecular flexibility index (Phi) is 6.46. The zero-order chi connectivity index (χ0) is 12.1. The van der Waals surface area contributed by atoms with Crippen molar-refractivity contribution in [2.45, 2.75) is 0 Å². The van der Waals surface area contributed by atoms with E-state index in [2.05, 4.69) is 0 Å². The Morgan fingerprint density at radius 2 is 1.00 bits per heavy atom. The number of benzene rings is 2. The van der Waals surface area contributed by atoms with E-state index in [9.17, 15) is 9.59 Å². The van der Waals surface area contributed by atoms with E-state index in [-0.39, 0.29) is 51.4 Å². The largest absolute Gasteiger partial charge is 0.386 e. The van der Waals surface area contributed by atoms with E-state index in [0.717, 1.165) is 0 Å². The third-order valence-corrected chi connectivity index (χ3v) is 2.20. The molecule has 0 bridgehead atoms. The van der Waals surface area contributed by atoms with E-state index in [0.29, 0.717) is 11.1 Å². The van der Waals surface area contributed by atoms with Crippen LogP contribution in [-0.4, -0.2) is 63.3 Å². The molecule has 3 nitrogen and oxygen atoms in total. The fraction of sp³-hybridized carbons (Fsp3) is 0. The van der Waals surface area contributed by atoms with Gasteiger partial charge < -0.3 is 4.74 Å². The third kappa shape index (κ3) is 4.15. The minimum absolute atomic E-state index is 0. The van der Waals surface area contributed by atoms with Crippen molar-refractivity contribution in [2.24, 2.45) is 0 Å². The van der Waals surface area contributed by atoms with E-state index in [1.54, 1.807) is 60.7 Å². The third-order valence-electron chi connectivity index (χ3n) is 2.20. The first-order valence-electron chi connectivity index (χ1n) is 5.14. The van der Waals surface area contributed by atoms with Crippen molar-refractivity contribution in [3.8, 4) is 0 Å². The van der Waals surface area contributed by atoms with Crippen LogP contribution >= 0.6 is 0 Å². The molecule has 0 saturated heterocycles. The van der Waals surface area contributed by atoms with Crippen molar-refractivity contribution in [2.75, 3.05) is 0 Å². The van der Waals surface area contributed by atoms with Gasteiger partial charge in [0, 0.05) is 51.4 Å². The SMILES string of the molecule is O=C(OC(=O)c1ccccc1)c1ccccc1.[K]. The number of rotatable bonds is 2. The van der Waals surface area contributed by atoms with Crippen LogP contribution in [0.2, 0.25) is 0 Å². The summed E-state index contributed by atoms with van der Waals surface area (Å²) in [5.41, 5.74) is 0.716. The Balaban J connectivity index is 0.00000162. The average molecular weight is 265 g/mol. The fourth-order valence-electron chi connectivity index (χ4n) is 1.35. The molecular formula is C14H10KO3. The molecule has 0 N–H and O–H groups in total. The summed E-state index contributed by atoms with van der Waals surface area (Å²) in [6, 6.07) is 16.8. The van der Waals surface area contributed by atoms with Gasteiger partial charge in [-0.05, 0) is 24.3 Å². The van der Waals surface area contributed by atoms with Crippen molar-refractivity contribution in [3.63, 3.8) is 0 Å². The summed E-state index contributed by atoms with van der Waals surface area (Å²) in [5.74, 6) is -1.28. The van der Waals surface area contributed by atoms with Gasteiger partial charge in [-0.3, -0.25) is 0 Å². The molecule has 0 aliphatic rings. The Morgan fingerprint density at radius 1 is 0.667 bits per heavy atom. The van der Waals surface area contributed by atoms with Crippen LogP contribution < -0.4 is 0 Å². The maximum atomic E-state index is 11.6. The normalized spacial score (nSPS) is 9.11. The van der Waals surface area contributed by atoms with Gasteiger partial charge in [0.1, 0.15) is 0 Å². The van der Waals surface area contributed by atoms with Gasteiger partial charge in [0.15, 0.2) is 0 Å². The molecule has 0 unspecified atom stereocenters. The zero-order valence-electron chi connectivity index (χ0n) is 10.00. The summed E-state index contributed by atoms with van der Waals surface area (Å²) in [4.78, 5) is 23.2. The van der Waals surface area contributed by atoms with Crippen LogP contribution in [0.1, 0.15) is 20.7 Å². The second-order valence-electron chi connectivity index (χ2n) is 3.41. The number of hydrogen-bond donors (Lipinski definition) is 0. The Hall–Kier alpha value is -0.784. The molecule has 1 radical (unpaired) electrons. The first-order valence-corrected chi connectivity index (χ1v) is 5.14. The molecule has 0 aromatic heterocycles. The molecule has 0 heterocycles. The van der Waals surface area contributed by atoms with E-state index in [1.807, 2.05) is 0 Å². The van der Waals surface area contributed by atoms with Gasteiger partial charge in [-0.1, -0.05) is 36.4 Å². The summed E-state index contributed by atoms with van der Waals surface area (Å²) in [5, 5.41) is 0. The standard InChI is InChI=1S/C14H10O3.K/c15-13(11-7-3-1-4-8-11)17-14(16)12-9-5-2-6-10-12;/h1-10H;. The average Bonchev–Trinajstić information content (AvgIpc) is 2.40. The molecule has 0 amide bonds. The predicted octanol–water partition coefficient (Wildman–Crippen LogP) is 2.30. The van der Waals surface area contributed by atoms with Crippen LogP contribution in [0.5, 0.6) is 0 Å². The maximum absolute atomic E-state index is 11.6. The Labute approximate surface area is 148 Å². The second-order valence-corrected chi connectivity index (χ2v) is 3.41. The van der Waals surface area contributed by atoms with Crippen LogP contribution in [0.15, 0.2) is 60.7 Å². The second kappa shape index (κ2) is 7.61. The van der Waals surface area contributed by atoms with Gasteiger partial charge >= 0.3 is 11.9 Å². The molecule has 18 heavy (non-hydrogen) atoms. The first kappa shape index (κ1) is 15.3. The molecule has 0 atom stereocenters. The van der Waals surface area contributed by atoms with Gasteiger partial charge in [0.2, 0.25) is 0 Å². The molecule has 0 aliphatic carbocycles. The van der Waals surface area contributed by atoms with E-state index in [1.165, 1.54) is 0 Å².